The van der Waals surface area contributed by atoms with E-state index in [2.05, 4.69) is 303 Å². The quantitative estimate of drug-likeness (QED) is 0.0847. The van der Waals surface area contributed by atoms with Gasteiger partial charge in [-0.3, -0.25) is 0 Å². The van der Waals surface area contributed by atoms with Gasteiger partial charge < -0.3 is 0 Å². The summed E-state index contributed by atoms with van der Waals surface area (Å²) in [5, 5.41) is 4.89. The summed E-state index contributed by atoms with van der Waals surface area (Å²) in [6, 6.07) is 95.9. The Hall–Kier alpha value is -9.10. The summed E-state index contributed by atoms with van der Waals surface area (Å²) in [6.07, 6.45) is 13.8. The molecule has 0 saturated heterocycles. The smallest absolute Gasteiger partial charge is 0.0105 e. The zero-order valence-electron chi connectivity index (χ0n) is 38.9. The van der Waals surface area contributed by atoms with Crippen LogP contribution in [0.2, 0.25) is 0 Å². The molecule has 0 saturated carbocycles. The third-order valence-corrected chi connectivity index (χ3v) is 13.2. The lowest BCUT2D eigenvalue weighted by Gasteiger charge is -2.12. The van der Waals surface area contributed by atoms with Crippen molar-refractivity contribution < 1.29 is 0 Å². The molecule has 0 spiro atoms. The van der Waals surface area contributed by atoms with Gasteiger partial charge in [-0.15, -0.1) is 0 Å². The van der Waals surface area contributed by atoms with Crippen molar-refractivity contribution >= 4 is 69.1 Å². The van der Waals surface area contributed by atoms with E-state index in [1.54, 1.807) is 0 Å². The lowest BCUT2D eigenvalue weighted by atomic mass is 9.92. The molecule has 0 N–H and O–H groups in total. The molecule has 0 atom stereocenters. The average Bonchev–Trinajstić information content (AvgIpc) is 3.43. The number of benzene rings is 11. The van der Waals surface area contributed by atoms with Gasteiger partial charge in [0.15, 0.2) is 0 Å². The zero-order chi connectivity index (χ0) is 46.9. The Balaban J connectivity index is 0.981. The molecule has 0 radical (unpaired) electrons. The van der Waals surface area contributed by atoms with Crippen LogP contribution in [-0.4, -0.2) is 0 Å². The van der Waals surface area contributed by atoms with Crippen LogP contribution in [0.15, 0.2) is 267 Å². The van der Waals surface area contributed by atoms with Gasteiger partial charge in [-0.25, -0.2) is 0 Å². The van der Waals surface area contributed by atoms with Crippen molar-refractivity contribution in [3.63, 3.8) is 0 Å². The van der Waals surface area contributed by atoms with Crippen molar-refractivity contribution in [1.29, 1.82) is 0 Å². The summed E-state index contributed by atoms with van der Waals surface area (Å²) in [6.45, 7) is 0. The first-order chi connectivity index (χ1) is 34.7. The summed E-state index contributed by atoms with van der Waals surface area (Å²) in [4.78, 5) is 0. The maximum Gasteiger partial charge on any atom is -0.0105 e. The van der Waals surface area contributed by atoms with Gasteiger partial charge >= 0.3 is 0 Å². The summed E-state index contributed by atoms with van der Waals surface area (Å²) in [5.74, 6) is 0. The fraction of sp³-hybridized carbons (Fsp3) is 0. The molecule has 11 aromatic carbocycles. The van der Waals surface area contributed by atoms with Crippen LogP contribution in [0.5, 0.6) is 0 Å². The van der Waals surface area contributed by atoms with Crippen LogP contribution in [0.4, 0.5) is 0 Å². The summed E-state index contributed by atoms with van der Waals surface area (Å²) in [7, 11) is 0. The third kappa shape index (κ3) is 9.81. The van der Waals surface area contributed by atoms with E-state index in [1.165, 1.54) is 77.2 Å². The molecule has 0 nitrogen and oxygen atoms in total. The lowest BCUT2D eigenvalue weighted by Crippen LogP contribution is -1.91. The van der Waals surface area contributed by atoms with Gasteiger partial charge in [0.25, 0.3) is 0 Å². The number of fused-ring (bicyclic) bond motifs is 2. The Morgan fingerprint density at radius 1 is 0.200 bits per heavy atom. The van der Waals surface area contributed by atoms with Gasteiger partial charge in [-0.1, -0.05) is 267 Å². The van der Waals surface area contributed by atoms with Gasteiger partial charge in [0.2, 0.25) is 0 Å². The molecule has 0 unspecified atom stereocenters. The molecule has 11 aromatic rings. The molecule has 0 aliphatic carbocycles. The average molecular weight is 891 g/mol. The van der Waals surface area contributed by atoms with Crippen LogP contribution in [0, 0.1) is 0 Å². The van der Waals surface area contributed by atoms with Crippen molar-refractivity contribution in [1.82, 2.24) is 0 Å². The summed E-state index contributed by atoms with van der Waals surface area (Å²) >= 11 is 0. The Morgan fingerprint density at radius 2 is 0.486 bits per heavy atom. The summed E-state index contributed by atoms with van der Waals surface area (Å²) < 4.78 is 0. The molecule has 0 heteroatoms. The lowest BCUT2D eigenvalue weighted by molar-refractivity contribution is 1.53. The van der Waals surface area contributed by atoms with E-state index in [1.807, 2.05) is 0 Å². The minimum absolute atomic E-state index is 1.14. The molecule has 0 aliphatic rings. The van der Waals surface area contributed by atoms with Gasteiger partial charge in [0.1, 0.15) is 0 Å². The third-order valence-electron chi connectivity index (χ3n) is 13.2. The van der Waals surface area contributed by atoms with Crippen molar-refractivity contribution in [3.8, 4) is 22.3 Å². The van der Waals surface area contributed by atoms with Crippen LogP contribution >= 0.6 is 0 Å². The normalized spacial score (nSPS) is 12.1. The minimum atomic E-state index is 1.14. The molecular formula is C70H50. The Morgan fingerprint density at radius 3 is 0.871 bits per heavy atom. The van der Waals surface area contributed by atoms with Gasteiger partial charge in [0, 0.05) is 0 Å². The van der Waals surface area contributed by atoms with Crippen LogP contribution in [0.3, 0.4) is 0 Å². The molecule has 0 fully saturated rings. The van der Waals surface area contributed by atoms with E-state index in [4.69, 9.17) is 0 Å². The first-order valence-corrected chi connectivity index (χ1v) is 24.1. The molecule has 0 bridgehead atoms. The largest absolute Gasteiger partial charge is 0.0622 e. The molecule has 70 heavy (non-hydrogen) atoms. The molecule has 0 amide bonds. The van der Waals surface area contributed by atoms with Crippen molar-refractivity contribution in [2.75, 3.05) is 0 Å². The summed E-state index contributed by atoms with van der Waals surface area (Å²) in [5.41, 5.74) is 18.8. The van der Waals surface area contributed by atoms with Crippen LogP contribution in [0.25, 0.3) is 91.4 Å². The van der Waals surface area contributed by atoms with Gasteiger partial charge in [0.05, 0.1) is 0 Å². The van der Waals surface area contributed by atoms with E-state index in [0.29, 0.717) is 0 Å². The number of rotatable bonds is 12. The SMILES string of the molecule is C(=Cc1cc2cc3ccccc3cc2cc1C=Cc1ccccc1C=C(c1ccccc1)c1ccc(-c2ccccc2)cc1)c1ccccc1C=C(c1ccccc1)c1ccc(-c2ccccc2)cc1. The maximum atomic E-state index is 2.35. The first kappa shape index (κ1) is 43.5. The van der Waals surface area contributed by atoms with E-state index in [-0.39, 0.29) is 0 Å². The predicted molar refractivity (Wildman–Crippen MR) is 303 cm³/mol. The van der Waals surface area contributed by atoms with Crippen LogP contribution in [-0.2, 0) is 0 Å². The molecule has 330 valence electrons. The zero-order valence-corrected chi connectivity index (χ0v) is 38.9. The topological polar surface area (TPSA) is 0 Å². The van der Waals surface area contributed by atoms with Crippen LogP contribution in [0.1, 0.15) is 55.6 Å². The highest BCUT2D eigenvalue weighted by Gasteiger charge is 2.11. The standard InChI is InChI=1S/C70H50/c1-5-19-51(20-6-1)55-33-39-59(40-34-55)69(57-25-9-3-10-26-57)49-63-31-15-13-23-53(63)37-43-65-47-67-45-61-29-17-18-30-62(61)46-68(67)48-66(65)44-38-54-24-14-16-32-64(54)50-70(58-27-11-4-12-28-58)60-41-35-56(36-42-60)52-21-7-2-8-22-52/h1-50H. The molecule has 0 aliphatic heterocycles. The van der Waals surface area contributed by atoms with E-state index < -0.39 is 0 Å². The molecular weight excluding hydrogens is 841 g/mol. The predicted octanol–water partition coefficient (Wildman–Crippen LogP) is 18.8. The maximum absolute atomic E-state index is 2.35. The highest BCUT2D eigenvalue weighted by atomic mass is 14.2. The molecule has 0 heterocycles. The second kappa shape index (κ2) is 20.4. The Kier molecular flexibility index (Phi) is 12.7. The molecule has 0 aromatic heterocycles. The van der Waals surface area contributed by atoms with Gasteiger partial charge in [-0.2, -0.15) is 0 Å². The number of hydrogen-bond acceptors (Lipinski definition) is 0. The molecule has 11 rings (SSSR count). The van der Waals surface area contributed by atoms with Crippen LogP contribution < -0.4 is 0 Å². The van der Waals surface area contributed by atoms with Crippen molar-refractivity contribution in [2.24, 2.45) is 0 Å². The number of hydrogen-bond donors (Lipinski definition) is 0. The van der Waals surface area contributed by atoms with E-state index in [0.717, 1.165) is 33.4 Å². The Bertz CT molecular complexity index is 3440. The highest BCUT2D eigenvalue weighted by molar-refractivity contribution is 6.02. The minimum Gasteiger partial charge on any atom is -0.0622 e. The highest BCUT2D eigenvalue weighted by Crippen LogP contribution is 2.34. The second-order valence-electron chi connectivity index (χ2n) is 17.7. The monoisotopic (exact) mass is 890 g/mol. The first-order valence-electron chi connectivity index (χ1n) is 24.1. The van der Waals surface area contributed by atoms with E-state index in [9.17, 15) is 0 Å². The van der Waals surface area contributed by atoms with Crippen molar-refractivity contribution in [3.05, 3.63) is 323 Å². The fourth-order valence-electron chi connectivity index (χ4n) is 9.42. The Labute approximate surface area is 411 Å². The van der Waals surface area contributed by atoms with Crippen molar-refractivity contribution in [2.45, 2.75) is 0 Å². The van der Waals surface area contributed by atoms with Gasteiger partial charge in [-0.05, 0) is 147 Å². The second-order valence-corrected chi connectivity index (χ2v) is 17.7. The fourth-order valence-corrected chi connectivity index (χ4v) is 9.42. The van der Waals surface area contributed by atoms with E-state index >= 15 is 0 Å².